The molecule has 6 heteroatoms. The highest BCUT2D eigenvalue weighted by atomic mass is 31.1. The molecular weight excluding hydrogens is 204 g/mol. The Morgan fingerprint density at radius 2 is 1.92 bits per heavy atom. The Morgan fingerprint density at radius 3 is 2.38 bits per heavy atom. The molecule has 0 bridgehead atoms. The summed E-state index contributed by atoms with van der Waals surface area (Å²) < 4.78 is 46.5. The Hall–Kier alpha value is -0.930. The number of benzene rings is 1. The van der Waals surface area contributed by atoms with Crippen molar-refractivity contribution in [1.82, 2.24) is 0 Å². The Bertz CT molecular complexity index is 335. The average molecular weight is 208 g/mol. The molecule has 0 aliphatic carbocycles. The Kier molecular flexibility index (Phi) is 2.68. The van der Waals surface area contributed by atoms with Crippen molar-refractivity contribution in [3.05, 3.63) is 29.8 Å². The standard InChI is InChI=1S/C7H4F3O2P/c8-7(9,10)5-2-1-3-6(4-5)13(11)12/h1-4H. The maximum atomic E-state index is 12.0. The number of hydrogen-bond donors (Lipinski definition) is 0. The Morgan fingerprint density at radius 1 is 1.31 bits per heavy atom. The number of alkyl halides is 3. The summed E-state index contributed by atoms with van der Waals surface area (Å²) in [5, 5.41) is -0.329. The van der Waals surface area contributed by atoms with Crippen LogP contribution in [-0.2, 0) is 10.7 Å². The first-order chi connectivity index (χ1) is 5.91. The zero-order chi connectivity index (χ0) is 10.1. The number of rotatable bonds is 1. The van der Waals surface area contributed by atoms with Crippen molar-refractivity contribution in [2.75, 3.05) is 0 Å². The van der Waals surface area contributed by atoms with Crippen molar-refractivity contribution in [2.45, 2.75) is 6.18 Å². The highest BCUT2D eigenvalue weighted by Crippen LogP contribution is 2.29. The molecule has 0 N–H and O–H groups in total. The van der Waals surface area contributed by atoms with Crippen molar-refractivity contribution in [3.8, 4) is 0 Å². The SMILES string of the molecule is O=[P+]([O-])c1cccc(C(F)(F)F)c1. The minimum Gasteiger partial charge on any atom is -0.591 e. The highest BCUT2D eigenvalue weighted by molar-refractivity contribution is 7.45. The molecular formula is C7H4F3O2P. The Labute approximate surface area is 72.9 Å². The van der Waals surface area contributed by atoms with E-state index in [2.05, 4.69) is 0 Å². The monoisotopic (exact) mass is 208 g/mol. The fourth-order valence-electron chi connectivity index (χ4n) is 0.796. The van der Waals surface area contributed by atoms with Gasteiger partial charge in [0, 0.05) is 6.07 Å². The molecule has 1 aromatic carbocycles. The van der Waals surface area contributed by atoms with E-state index in [1.807, 2.05) is 0 Å². The molecule has 0 heterocycles. The van der Waals surface area contributed by atoms with Gasteiger partial charge in [-0.3, -0.25) is 0 Å². The molecule has 1 rings (SSSR count). The predicted octanol–water partition coefficient (Wildman–Crippen LogP) is 1.43. The summed E-state index contributed by atoms with van der Waals surface area (Å²) in [5.41, 5.74) is -0.954. The first-order valence-electron chi connectivity index (χ1n) is 3.23. The molecule has 0 aromatic heterocycles. The normalized spacial score (nSPS) is 12.8. The quantitative estimate of drug-likeness (QED) is 0.655. The second-order valence-corrected chi connectivity index (χ2v) is 3.34. The zero-order valence-electron chi connectivity index (χ0n) is 6.21. The Balaban J connectivity index is 3.13. The molecule has 0 saturated heterocycles. The molecule has 0 fully saturated rings. The van der Waals surface area contributed by atoms with Crippen LogP contribution in [0.15, 0.2) is 24.3 Å². The van der Waals surface area contributed by atoms with Crippen LogP contribution >= 0.6 is 8.03 Å². The first-order valence-corrected chi connectivity index (χ1v) is 4.40. The van der Waals surface area contributed by atoms with E-state index >= 15 is 0 Å². The molecule has 0 radical (unpaired) electrons. The molecule has 2 nitrogen and oxygen atoms in total. The maximum absolute atomic E-state index is 12.0. The van der Waals surface area contributed by atoms with Crippen molar-refractivity contribution in [2.24, 2.45) is 0 Å². The second-order valence-electron chi connectivity index (χ2n) is 2.31. The van der Waals surface area contributed by atoms with Gasteiger partial charge in [-0.25, -0.2) is 0 Å². The van der Waals surface area contributed by atoms with Crippen LogP contribution < -0.4 is 10.2 Å². The van der Waals surface area contributed by atoms with E-state index in [4.69, 9.17) is 0 Å². The fraction of sp³-hybridized carbons (Fsp3) is 0.143. The minimum absolute atomic E-state index is 0.329. The van der Waals surface area contributed by atoms with Crippen LogP contribution in [0.1, 0.15) is 5.56 Å². The highest BCUT2D eigenvalue weighted by Gasteiger charge is 2.31. The first kappa shape index (κ1) is 10.2. The summed E-state index contributed by atoms with van der Waals surface area (Å²) in [5.74, 6) is 0. The lowest BCUT2D eigenvalue weighted by molar-refractivity contribution is -0.160. The molecule has 70 valence electrons. The van der Waals surface area contributed by atoms with Crippen LogP contribution in [0.5, 0.6) is 0 Å². The van der Waals surface area contributed by atoms with Crippen molar-refractivity contribution < 1.29 is 22.6 Å². The summed E-state index contributed by atoms with van der Waals surface area (Å²) in [6.45, 7) is 0. The molecule has 0 aliphatic heterocycles. The lowest BCUT2D eigenvalue weighted by Gasteiger charge is -2.04. The minimum atomic E-state index is -4.50. The van der Waals surface area contributed by atoms with Gasteiger partial charge in [-0.1, -0.05) is 10.6 Å². The summed E-state index contributed by atoms with van der Waals surface area (Å²) in [7, 11) is -2.96. The average Bonchev–Trinajstić information content (AvgIpc) is 2.03. The van der Waals surface area contributed by atoms with Crippen LogP contribution in [0, 0.1) is 0 Å². The molecule has 1 aromatic rings. The van der Waals surface area contributed by atoms with E-state index in [0.717, 1.165) is 18.2 Å². The molecule has 0 amide bonds. The van der Waals surface area contributed by atoms with Gasteiger partial charge < -0.3 is 4.89 Å². The topological polar surface area (TPSA) is 40.1 Å². The zero-order valence-corrected chi connectivity index (χ0v) is 7.10. The van der Waals surface area contributed by atoms with Crippen LogP contribution in [0.3, 0.4) is 0 Å². The van der Waals surface area contributed by atoms with Crippen LogP contribution in [-0.4, -0.2) is 0 Å². The third kappa shape index (κ3) is 2.50. The van der Waals surface area contributed by atoms with Gasteiger partial charge in [0.2, 0.25) is 0 Å². The summed E-state index contributed by atoms with van der Waals surface area (Å²) in [6.07, 6.45) is -4.50. The molecule has 0 spiro atoms. The van der Waals surface area contributed by atoms with Crippen LogP contribution in [0.4, 0.5) is 13.2 Å². The van der Waals surface area contributed by atoms with Gasteiger partial charge in [0.1, 0.15) is 0 Å². The molecule has 1 atom stereocenters. The predicted molar refractivity (Wildman–Crippen MR) is 38.7 cm³/mol. The van der Waals surface area contributed by atoms with E-state index in [9.17, 15) is 22.6 Å². The lowest BCUT2D eigenvalue weighted by atomic mass is 10.2. The summed E-state index contributed by atoms with van der Waals surface area (Å²) in [6, 6.07) is 3.60. The van der Waals surface area contributed by atoms with Crippen molar-refractivity contribution in [3.63, 3.8) is 0 Å². The molecule has 0 saturated carbocycles. The van der Waals surface area contributed by atoms with E-state index in [0.29, 0.717) is 6.07 Å². The second kappa shape index (κ2) is 3.44. The fourth-order valence-corrected chi connectivity index (χ4v) is 1.25. The van der Waals surface area contributed by atoms with Crippen LogP contribution in [0.2, 0.25) is 0 Å². The number of halogens is 3. The van der Waals surface area contributed by atoms with Gasteiger partial charge in [0.05, 0.1) is 5.56 Å². The van der Waals surface area contributed by atoms with Crippen LogP contribution in [0.25, 0.3) is 0 Å². The van der Waals surface area contributed by atoms with E-state index in [-0.39, 0.29) is 5.30 Å². The summed E-state index contributed by atoms with van der Waals surface area (Å²) >= 11 is 0. The van der Waals surface area contributed by atoms with Crippen molar-refractivity contribution in [1.29, 1.82) is 0 Å². The van der Waals surface area contributed by atoms with E-state index < -0.39 is 19.8 Å². The van der Waals surface area contributed by atoms with Gasteiger partial charge in [-0.05, 0) is 12.1 Å². The van der Waals surface area contributed by atoms with Crippen molar-refractivity contribution >= 4 is 13.3 Å². The number of hydrogen-bond acceptors (Lipinski definition) is 2. The van der Waals surface area contributed by atoms with Gasteiger partial charge >= 0.3 is 14.2 Å². The smallest absolute Gasteiger partial charge is 0.416 e. The van der Waals surface area contributed by atoms with Gasteiger partial charge in [-0.15, -0.1) is 0 Å². The third-order valence-electron chi connectivity index (χ3n) is 1.38. The molecule has 13 heavy (non-hydrogen) atoms. The van der Waals surface area contributed by atoms with E-state index in [1.165, 1.54) is 0 Å². The lowest BCUT2D eigenvalue weighted by Crippen LogP contribution is -2.11. The van der Waals surface area contributed by atoms with Gasteiger partial charge in [0.25, 0.3) is 0 Å². The maximum Gasteiger partial charge on any atom is 0.416 e. The van der Waals surface area contributed by atoms with Gasteiger partial charge in [0.15, 0.2) is 5.30 Å². The summed E-state index contributed by atoms with van der Waals surface area (Å²) in [4.78, 5) is 10.3. The van der Waals surface area contributed by atoms with E-state index in [1.54, 1.807) is 0 Å². The van der Waals surface area contributed by atoms with Gasteiger partial charge in [-0.2, -0.15) is 13.2 Å². The molecule has 1 unspecified atom stereocenters. The third-order valence-corrected chi connectivity index (χ3v) is 2.08. The largest absolute Gasteiger partial charge is 0.591 e. The molecule has 0 aliphatic rings.